The highest BCUT2D eigenvalue weighted by molar-refractivity contribution is 7.89. The highest BCUT2D eigenvalue weighted by atomic mass is 32.2. The first kappa shape index (κ1) is 19.0. The van der Waals surface area contributed by atoms with E-state index < -0.39 is 28.4 Å². The number of benzene rings is 2. The second-order valence-electron chi connectivity index (χ2n) is 5.75. The summed E-state index contributed by atoms with van der Waals surface area (Å²) in [6, 6.07) is 15.5. The first-order valence-corrected chi connectivity index (χ1v) is 10.3. The first-order chi connectivity index (χ1) is 12.9. The van der Waals surface area contributed by atoms with Crippen molar-refractivity contribution >= 4 is 43.9 Å². The number of amides is 2. The number of nitrogens with zero attached hydrogens (tertiary/aromatic N) is 1. The Bertz CT molecular complexity index is 1080. The van der Waals surface area contributed by atoms with Gasteiger partial charge in [-0.1, -0.05) is 36.4 Å². The number of hydrazine groups is 1. The van der Waals surface area contributed by atoms with Crippen LogP contribution >= 0.6 is 11.3 Å². The molecule has 3 rings (SSSR count). The summed E-state index contributed by atoms with van der Waals surface area (Å²) in [6.07, 6.45) is 0. The molecule has 3 aromatic rings. The molecule has 0 saturated heterocycles. The monoisotopic (exact) mass is 403 g/mol. The van der Waals surface area contributed by atoms with Gasteiger partial charge in [-0.05, 0) is 34.4 Å². The smallest absolute Gasteiger partial charge is 0.272 e. The fourth-order valence-corrected chi connectivity index (χ4v) is 4.21. The lowest BCUT2D eigenvalue weighted by Gasteiger charge is -2.17. The van der Waals surface area contributed by atoms with E-state index in [0.717, 1.165) is 15.1 Å². The number of carbonyl (C=O) groups excluding carboxylic acids is 2. The number of sulfonamides is 1. The van der Waals surface area contributed by atoms with Crippen LogP contribution in [0.15, 0.2) is 64.9 Å². The van der Waals surface area contributed by atoms with Gasteiger partial charge in [0.05, 0.1) is 16.3 Å². The predicted molar refractivity (Wildman–Crippen MR) is 104 cm³/mol. The number of thiophene rings is 1. The van der Waals surface area contributed by atoms with Crippen molar-refractivity contribution in [3.63, 3.8) is 0 Å². The van der Waals surface area contributed by atoms with Crippen LogP contribution in [0.2, 0.25) is 0 Å². The van der Waals surface area contributed by atoms with Crippen molar-refractivity contribution in [3.05, 3.63) is 64.9 Å². The van der Waals surface area contributed by atoms with Crippen LogP contribution in [0.1, 0.15) is 9.67 Å². The minimum absolute atomic E-state index is 0.0964. The molecule has 27 heavy (non-hydrogen) atoms. The Morgan fingerprint density at radius 1 is 1.00 bits per heavy atom. The van der Waals surface area contributed by atoms with Gasteiger partial charge in [-0.3, -0.25) is 20.4 Å². The molecule has 9 heteroatoms. The van der Waals surface area contributed by atoms with Crippen molar-refractivity contribution in [2.45, 2.75) is 4.90 Å². The highest BCUT2D eigenvalue weighted by Crippen LogP contribution is 2.21. The van der Waals surface area contributed by atoms with Crippen LogP contribution in [0.4, 0.5) is 0 Å². The largest absolute Gasteiger partial charge is 0.279 e. The zero-order valence-corrected chi connectivity index (χ0v) is 16.0. The van der Waals surface area contributed by atoms with Gasteiger partial charge in [0.2, 0.25) is 10.0 Å². The van der Waals surface area contributed by atoms with Crippen LogP contribution in [0.5, 0.6) is 0 Å². The predicted octanol–water partition coefficient (Wildman–Crippen LogP) is 1.98. The highest BCUT2D eigenvalue weighted by Gasteiger charge is 2.23. The third-order valence-corrected chi connectivity index (χ3v) is 6.52. The molecule has 0 spiro atoms. The number of hydrogen-bond acceptors (Lipinski definition) is 5. The quantitative estimate of drug-likeness (QED) is 0.637. The summed E-state index contributed by atoms with van der Waals surface area (Å²) in [5.74, 6) is -1.11. The summed E-state index contributed by atoms with van der Waals surface area (Å²) in [7, 11) is -2.53. The van der Waals surface area contributed by atoms with Gasteiger partial charge in [0.1, 0.15) is 0 Å². The molecule has 0 unspecified atom stereocenters. The maximum absolute atomic E-state index is 12.7. The lowest BCUT2D eigenvalue weighted by molar-refractivity contribution is -0.121. The van der Waals surface area contributed by atoms with E-state index in [-0.39, 0.29) is 4.90 Å². The molecule has 0 aliphatic heterocycles. The first-order valence-electron chi connectivity index (χ1n) is 7.96. The second kappa shape index (κ2) is 7.87. The number of nitrogens with one attached hydrogen (secondary N) is 2. The number of likely N-dealkylation sites (N-methyl/N-ethyl adjacent to an activating group) is 1. The molecule has 2 N–H and O–H groups in total. The van der Waals surface area contributed by atoms with E-state index in [4.69, 9.17) is 0 Å². The molecule has 0 saturated carbocycles. The molecule has 0 atom stereocenters. The second-order valence-corrected chi connectivity index (χ2v) is 8.74. The lowest BCUT2D eigenvalue weighted by atomic mass is 10.1. The van der Waals surface area contributed by atoms with Gasteiger partial charge in [-0.2, -0.15) is 4.31 Å². The Balaban J connectivity index is 1.65. The fraction of sp³-hybridized carbons (Fsp3) is 0.111. The molecule has 0 bridgehead atoms. The Hall–Kier alpha value is -2.75. The molecule has 0 aliphatic rings. The van der Waals surface area contributed by atoms with E-state index in [2.05, 4.69) is 10.9 Å². The zero-order chi connectivity index (χ0) is 19.4. The van der Waals surface area contributed by atoms with Crippen molar-refractivity contribution in [2.24, 2.45) is 0 Å². The minimum atomic E-state index is -3.85. The molecule has 2 aromatic carbocycles. The Morgan fingerprint density at radius 3 is 2.44 bits per heavy atom. The lowest BCUT2D eigenvalue weighted by Crippen LogP contribution is -2.46. The van der Waals surface area contributed by atoms with E-state index in [1.807, 2.05) is 24.3 Å². The van der Waals surface area contributed by atoms with Crippen molar-refractivity contribution < 1.29 is 18.0 Å². The zero-order valence-electron chi connectivity index (χ0n) is 14.4. The van der Waals surface area contributed by atoms with Crippen LogP contribution in [0.25, 0.3) is 10.8 Å². The standard InChI is InChI=1S/C18H17N3O4S2/c1-21(12-17(22)19-20-18(23)16-7-4-10-26-16)27(24,25)15-9-8-13-5-2-3-6-14(13)11-15/h2-11H,12H2,1H3,(H,19,22)(H,20,23). The third-order valence-electron chi connectivity index (χ3n) is 3.86. The van der Waals surface area contributed by atoms with Gasteiger partial charge in [-0.15, -0.1) is 11.3 Å². The average Bonchev–Trinajstić information content (AvgIpc) is 3.20. The summed E-state index contributed by atoms with van der Waals surface area (Å²) in [6.45, 7) is -0.431. The van der Waals surface area contributed by atoms with E-state index in [0.29, 0.717) is 4.88 Å². The summed E-state index contributed by atoms with van der Waals surface area (Å²) in [5, 5.41) is 3.45. The van der Waals surface area contributed by atoms with Gasteiger partial charge in [0.25, 0.3) is 11.8 Å². The van der Waals surface area contributed by atoms with Crippen LogP contribution < -0.4 is 10.9 Å². The molecular weight excluding hydrogens is 386 g/mol. The number of rotatable bonds is 5. The van der Waals surface area contributed by atoms with Crippen molar-refractivity contribution in [1.82, 2.24) is 15.2 Å². The Kier molecular flexibility index (Phi) is 5.54. The van der Waals surface area contributed by atoms with Crippen LogP contribution in [-0.2, 0) is 14.8 Å². The minimum Gasteiger partial charge on any atom is -0.272 e. The summed E-state index contributed by atoms with van der Waals surface area (Å²) < 4.78 is 26.3. The normalized spacial score (nSPS) is 11.5. The Labute approximate surface area is 160 Å². The molecule has 7 nitrogen and oxygen atoms in total. The van der Waals surface area contributed by atoms with Crippen LogP contribution in [-0.4, -0.2) is 38.1 Å². The van der Waals surface area contributed by atoms with Crippen molar-refractivity contribution in [1.29, 1.82) is 0 Å². The molecule has 140 valence electrons. The van der Waals surface area contributed by atoms with Gasteiger partial charge < -0.3 is 0 Å². The fourth-order valence-electron chi connectivity index (χ4n) is 2.43. The molecule has 0 radical (unpaired) electrons. The molecule has 1 aromatic heterocycles. The number of fused-ring (bicyclic) bond motifs is 1. The molecule has 1 heterocycles. The topological polar surface area (TPSA) is 95.6 Å². The molecule has 0 aliphatic carbocycles. The van der Waals surface area contributed by atoms with Crippen molar-refractivity contribution in [3.8, 4) is 0 Å². The molecule has 0 fully saturated rings. The third kappa shape index (κ3) is 4.33. The van der Waals surface area contributed by atoms with E-state index in [1.54, 1.807) is 29.6 Å². The van der Waals surface area contributed by atoms with Crippen molar-refractivity contribution in [2.75, 3.05) is 13.6 Å². The molecular formula is C18H17N3O4S2. The average molecular weight is 403 g/mol. The van der Waals surface area contributed by atoms with E-state index in [9.17, 15) is 18.0 Å². The van der Waals surface area contributed by atoms with Gasteiger partial charge in [0, 0.05) is 7.05 Å². The van der Waals surface area contributed by atoms with Gasteiger partial charge >= 0.3 is 0 Å². The summed E-state index contributed by atoms with van der Waals surface area (Å²) >= 11 is 1.23. The van der Waals surface area contributed by atoms with Gasteiger partial charge in [-0.25, -0.2) is 8.42 Å². The maximum atomic E-state index is 12.7. The van der Waals surface area contributed by atoms with Crippen LogP contribution in [0, 0.1) is 0 Å². The number of carbonyl (C=O) groups is 2. The van der Waals surface area contributed by atoms with Crippen LogP contribution in [0.3, 0.4) is 0 Å². The van der Waals surface area contributed by atoms with E-state index in [1.165, 1.54) is 24.5 Å². The van der Waals surface area contributed by atoms with Gasteiger partial charge in [0.15, 0.2) is 0 Å². The Morgan fingerprint density at radius 2 is 1.74 bits per heavy atom. The van der Waals surface area contributed by atoms with E-state index >= 15 is 0 Å². The summed E-state index contributed by atoms with van der Waals surface area (Å²) in [5.41, 5.74) is 4.47. The maximum Gasteiger partial charge on any atom is 0.279 e. The number of hydrogen-bond donors (Lipinski definition) is 2. The SMILES string of the molecule is CN(CC(=O)NNC(=O)c1cccs1)S(=O)(=O)c1ccc2ccccc2c1. The molecule has 2 amide bonds. The summed E-state index contributed by atoms with van der Waals surface area (Å²) in [4.78, 5) is 24.3.